The fourth-order valence-electron chi connectivity index (χ4n) is 1.81. The van der Waals surface area contributed by atoms with Gasteiger partial charge in [0.2, 0.25) is 10.0 Å². The van der Waals surface area contributed by atoms with Crippen molar-refractivity contribution in [1.29, 1.82) is 0 Å². The molecule has 0 aliphatic rings. The molecule has 0 amide bonds. The van der Waals surface area contributed by atoms with E-state index in [4.69, 9.17) is 5.11 Å². The summed E-state index contributed by atoms with van der Waals surface area (Å²) >= 11 is 0. The molecule has 1 rings (SSSR count). The third-order valence-corrected chi connectivity index (χ3v) is 4.21. The molecule has 1 unspecified atom stereocenters. The maximum absolute atomic E-state index is 12.1. The van der Waals surface area contributed by atoms with E-state index in [9.17, 15) is 18.3 Å². The van der Waals surface area contributed by atoms with E-state index in [1.54, 1.807) is 0 Å². The molecule has 1 aromatic carbocycles. The van der Waals surface area contributed by atoms with Gasteiger partial charge in [0.25, 0.3) is 0 Å². The van der Waals surface area contributed by atoms with Gasteiger partial charge in [-0.3, -0.25) is 0 Å². The Morgan fingerprint density at radius 1 is 1.35 bits per heavy atom. The number of aliphatic hydroxyl groups excluding tert-OH is 1. The van der Waals surface area contributed by atoms with E-state index in [1.807, 2.05) is 13.8 Å². The molecule has 112 valence electrons. The van der Waals surface area contributed by atoms with E-state index in [2.05, 4.69) is 4.72 Å². The molecule has 3 N–H and O–H groups in total. The number of aromatic carboxylic acids is 1. The molecule has 0 saturated carbocycles. The van der Waals surface area contributed by atoms with Gasteiger partial charge in [-0.05, 0) is 30.5 Å². The lowest BCUT2D eigenvalue weighted by Gasteiger charge is -2.18. The van der Waals surface area contributed by atoms with Crippen molar-refractivity contribution in [3.05, 3.63) is 29.8 Å². The van der Waals surface area contributed by atoms with Gasteiger partial charge in [-0.2, -0.15) is 0 Å². The maximum atomic E-state index is 12.1. The molecule has 20 heavy (non-hydrogen) atoms. The van der Waals surface area contributed by atoms with Crippen LogP contribution in [0.4, 0.5) is 0 Å². The SMILES string of the molecule is CC(C)CC(CO)NS(=O)(=O)c1cccc(C(=O)O)c1. The Hall–Kier alpha value is -1.44. The number of rotatable bonds is 7. The fourth-order valence-corrected chi connectivity index (χ4v) is 3.10. The van der Waals surface area contributed by atoms with Crippen LogP contribution < -0.4 is 4.72 Å². The lowest BCUT2D eigenvalue weighted by atomic mass is 10.1. The molecule has 6 nitrogen and oxygen atoms in total. The topological polar surface area (TPSA) is 104 Å². The van der Waals surface area contributed by atoms with Gasteiger partial charge >= 0.3 is 5.97 Å². The predicted octanol–water partition coefficient (Wildman–Crippen LogP) is 1.07. The van der Waals surface area contributed by atoms with Gasteiger partial charge in [-0.1, -0.05) is 19.9 Å². The highest BCUT2D eigenvalue weighted by Gasteiger charge is 2.21. The first kappa shape index (κ1) is 16.6. The molecular weight excluding hydrogens is 282 g/mol. The molecule has 0 saturated heterocycles. The van der Waals surface area contributed by atoms with Crippen molar-refractivity contribution in [3.63, 3.8) is 0 Å². The van der Waals surface area contributed by atoms with Crippen molar-refractivity contribution in [2.75, 3.05) is 6.61 Å². The van der Waals surface area contributed by atoms with Crippen molar-refractivity contribution in [1.82, 2.24) is 4.72 Å². The minimum atomic E-state index is -3.85. The third kappa shape index (κ3) is 4.59. The number of sulfonamides is 1. The van der Waals surface area contributed by atoms with Crippen molar-refractivity contribution in [3.8, 4) is 0 Å². The van der Waals surface area contributed by atoms with Gasteiger partial charge in [-0.25, -0.2) is 17.9 Å². The minimum Gasteiger partial charge on any atom is -0.478 e. The number of carboxylic acid groups (broad SMARTS) is 1. The van der Waals surface area contributed by atoms with Gasteiger partial charge < -0.3 is 10.2 Å². The molecule has 0 spiro atoms. The first-order valence-electron chi connectivity index (χ1n) is 6.23. The van der Waals surface area contributed by atoms with Crippen molar-refractivity contribution in [2.45, 2.75) is 31.2 Å². The molecule has 0 heterocycles. The summed E-state index contributed by atoms with van der Waals surface area (Å²) in [7, 11) is -3.85. The lowest BCUT2D eigenvalue weighted by molar-refractivity contribution is 0.0696. The summed E-state index contributed by atoms with van der Waals surface area (Å²) in [6.45, 7) is 3.53. The Morgan fingerprint density at radius 2 is 2.00 bits per heavy atom. The van der Waals surface area contributed by atoms with Gasteiger partial charge in [0, 0.05) is 6.04 Å². The van der Waals surface area contributed by atoms with E-state index in [0.29, 0.717) is 6.42 Å². The Balaban J connectivity index is 2.98. The first-order valence-corrected chi connectivity index (χ1v) is 7.71. The summed E-state index contributed by atoms with van der Waals surface area (Å²) in [6, 6.07) is 4.51. The number of carbonyl (C=O) groups is 1. The van der Waals surface area contributed by atoms with Crippen LogP contribution in [0.5, 0.6) is 0 Å². The Morgan fingerprint density at radius 3 is 2.50 bits per heavy atom. The van der Waals surface area contributed by atoms with E-state index in [1.165, 1.54) is 18.2 Å². The van der Waals surface area contributed by atoms with Gasteiger partial charge in [0.05, 0.1) is 17.1 Å². The maximum Gasteiger partial charge on any atom is 0.335 e. The number of carboxylic acids is 1. The minimum absolute atomic E-state index is 0.0997. The zero-order valence-electron chi connectivity index (χ0n) is 11.4. The van der Waals surface area contributed by atoms with Crippen LogP contribution in [-0.2, 0) is 10.0 Å². The Bertz CT molecular complexity index is 568. The number of aliphatic hydroxyl groups is 1. The van der Waals surface area contributed by atoms with Gasteiger partial charge in [0.15, 0.2) is 0 Å². The van der Waals surface area contributed by atoms with E-state index >= 15 is 0 Å². The summed E-state index contributed by atoms with van der Waals surface area (Å²) in [5.41, 5.74) is -0.0997. The molecular formula is C13H19NO5S. The molecule has 0 radical (unpaired) electrons. The molecule has 0 aromatic heterocycles. The van der Waals surface area contributed by atoms with Crippen molar-refractivity contribution in [2.24, 2.45) is 5.92 Å². The number of benzene rings is 1. The highest BCUT2D eigenvalue weighted by atomic mass is 32.2. The Labute approximate surface area is 118 Å². The van der Waals surface area contributed by atoms with Crippen molar-refractivity contribution >= 4 is 16.0 Å². The smallest absolute Gasteiger partial charge is 0.335 e. The van der Waals surface area contributed by atoms with Crippen LogP contribution in [0.25, 0.3) is 0 Å². The zero-order valence-corrected chi connectivity index (χ0v) is 12.2. The summed E-state index contributed by atoms with van der Waals surface area (Å²) in [4.78, 5) is 10.7. The van der Waals surface area contributed by atoms with E-state index in [-0.39, 0.29) is 23.0 Å². The molecule has 7 heteroatoms. The molecule has 0 aliphatic heterocycles. The second-order valence-electron chi connectivity index (χ2n) is 4.96. The molecule has 0 bridgehead atoms. The van der Waals surface area contributed by atoms with Crippen LogP contribution in [0, 0.1) is 5.92 Å². The summed E-state index contributed by atoms with van der Waals surface area (Å²) in [5, 5.41) is 18.1. The van der Waals surface area contributed by atoms with Crippen LogP contribution in [-0.4, -0.2) is 37.2 Å². The monoisotopic (exact) mass is 301 g/mol. The van der Waals surface area contributed by atoms with Crippen LogP contribution in [0.2, 0.25) is 0 Å². The molecule has 1 aromatic rings. The molecule has 0 fully saturated rings. The number of hydrogen-bond donors (Lipinski definition) is 3. The quantitative estimate of drug-likeness (QED) is 0.699. The average Bonchev–Trinajstić information content (AvgIpc) is 2.37. The van der Waals surface area contributed by atoms with Crippen LogP contribution >= 0.6 is 0 Å². The predicted molar refractivity (Wildman–Crippen MR) is 74.1 cm³/mol. The average molecular weight is 301 g/mol. The van der Waals surface area contributed by atoms with Crippen molar-refractivity contribution < 1.29 is 23.4 Å². The Kier molecular flexibility index (Phi) is 5.67. The fraction of sp³-hybridized carbons (Fsp3) is 0.462. The largest absolute Gasteiger partial charge is 0.478 e. The van der Waals surface area contributed by atoms with E-state index < -0.39 is 22.0 Å². The second kappa shape index (κ2) is 6.83. The number of nitrogens with one attached hydrogen (secondary N) is 1. The van der Waals surface area contributed by atoms with E-state index in [0.717, 1.165) is 6.07 Å². The van der Waals surface area contributed by atoms with Gasteiger partial charge in [-0.15, -0.1) is 0 Å². The molecule has 1 atom stereocenters. The normalized spacial score (nSPS) is 13.4. The summed E-state index contributed by atoms with van der Waals surface area (Å²) in [6.07, 6.45) is 0.494. The second-order valence-corrected chi connectivity index (χ2v) is 6.68. The molecule has 0 aliphatic carbocycles. The standard InChI is InChI=1S/C13H19NO5S/c1-9(2)6-11(8-15)14-20(18,19)12-5-3-4-10(7-12)13(16)17/h3-5,7,9,11,14-15H,6,8H2,1-2H3,(H,16,17). The van der Waals surface area contributed by atoms with Crippen LogP contribution in [0.1, 0.15) is 30.6 Å². The third-order valence-electron chi connectivity index (χ3n) is 2.69. The summed E-state index contributed by atoms with van der Waals surface area (Å²) < 4.78 is 26.7. The summed E-state index contributed by atoms with van der Waals surface area (Å²) in [5.74, 6) is -0.969. The highest BCUT2D eigenvalue weighted by molar-refractivity contribution is 7.89. The highest BCUT2D eigenvalue weighted by Crippen LogP contribution is 2.14. The van der Waals surface area contributed by atoms with Crippen LogP contribution in [0.15, 0.2) is 29.2 Å². The first-order chi connectivity index (χ1) is 9.26. The lowest BCUT2D eigenvalue weighted by Crippen LogP contribution is -2.38. The number of hydrogen-bond acceptors (Lipinski definition) is 4. The van der Waals surface area contributed by atoms with Crippen LogP contribution in [0.3, 0.4) is 0 Å². The zero-order chi connectivity index (χ0) is 15.3. The van der Waals surface area contributed by atoms with Gasteiger partial charge in [0.1, 0.15) is 0 Å².